The van der Waals surface area contributed by atoms with Crippen LogP contribution in [0, 0.1) is 0 Å². The van der Waals surface area contributed by atoms with Gasteiger partial charge in [-0.3, -0.25) is 14.4 Å². The first-order chi connectivity index (χ1) is 18.4. The SMILES string of the molecule is CCCc1ccn(-c2ncc(OC)c3c(C(=O)C(=O)N4CCN(C(=O)c5ccccc5)C(C)C4)c[nH]c23)n1. The summed E-state index contributed by atoms with van der Waals surface area (Å²) in [6.45, 7) is 4.85. The lowest BCUT2D eigenvalue weighted by atomic mass is 10.1. The van der Waals surface area contributed by atoms with E-state index in [4.69, 9.17) is 4.74 Å². The minimum Gasteiger partial charge on any atom is -0.494 e. The molecule has 1 aromatic carbocycles. The van der Waals surface area contributed by atoms with Crippen molar-refractivity contribution in [2.45, 2.75) is 32.7 Å². The second-order valence-electron chi connectivity index (χ2n) is 9.40. The maximum atomic E-state index is 13.5. The number of hydrogen-bond donors (Lipinski definition) is 1. The van der Waals surface area contributed by atoms with E-state index < -0.39 is 11.7 Å². The van der Waals surface area contributed by atoms with Crippen LogP contribution in [0.4, 0.5) is 0 Å². The van der Waals surface area contributed by atoms with E-state index >= 15 is 0 Å². The third kappa shape index (κ3) is 4.53. The number of aryl methyl sites for hydroxylation is 1. The summed E-state index contributed by atoms with van der Waals surface area (Å²) in [5, 5.41) is 5.07. The van der Waals surface area contributed by atoms with Crippen LogP contribution in [0.1, 0.15) is 46.7 Å². The number of H-pyrrole nitrogens is 1. The monoisotopic (exact) mass is 514 g/mol. The normalized spacial score (nSPS) is 15.6. The summed E-state index contributed by atoms with van der Waals surface area (Å²) in [4.78, 5) is 50.6. The first kappa shape index (κ1) is 25.2. The molecule has 0 spiro atoms. The van der Waals surface area contributed by atoms with Crippen LogP contribution < -0.4 is 4.74 Å². The summed E-state index contributed by atoms with van der Waals surface area (Å²) >= 11 is 0. The Morgan fingerprint density at radius 3 is 2.63 bits per heavy atom. The van der Waals surface area contributed by atoms with E-state index in [-0.39, 0.29) is 30.6 Å². The van der Waals surface area contributed by atoms with E-state index in [2.05, 4.69) is 22.0 Å². The van der Waals surface area contributed by atoms with Crippen molar-refractivity contribution in [3.05, 3.63) is 71.8 Å². The molecule has 4 heterocycles. The number of ketones is 1. The molecule has 4 aromatic rings. The van der Waals surface area contributed by atoms with Crippen LogP contribution in [0.25, 0.3) is 16.7 Å². The number of rotatable bonds is 7. The van der Waals surface area contributed by atoms with Gasteiger partial charge in [0, 0.05) is 43.6 Å². The van der Waals surface area contributed by atoms with Gasteiger partial charge in [-0.2, -0.15) is 5.10 Å². The summed E-state index contributed by atoms with van der Waals surface area (Å²) in [6, 6.07) is 10.8. The highest BCUT2D eigenvalue weighted by molar-refractivity contribution is 6.45. The predicted molar refractivity (Wildman–Crippen MR) is 142 cm³/mol. The lowest BCUT2D eigenvalue weighted by Gasteiger charge is -2.39. The molecule has 2 amide bonds. The fourth-order valence-electron chi connectivity index (χ4n) is 4.93. The number of carbonyl (C=O) groups is 3. The van der Waals surface area contributed by atoms with Gasteiger partial charge in [-0.25, -0.2) is 9.67 Å². The van der Waals surface area contributed by atoms with Gasteiger partial charge in [0.25, 0.3) is 17.6 Å². The summed E-state index contributed by atoms with van der Waals surface area (Å²) in [5.41, 5.74) is 2.31. The Balaban J connectivity index is 1.39. The Bertz CT molecular complexity index is 1490. The second-order valence-corrected chi connectivity index (χ2v) is 9.40. The van der Waals surface area contributed by atoms with Crippen LogP contribution in [-0.4, -0.2) is 79.9 Å². The number of fused-ring (bicyclic) bond motifs is 1. The zero-order valence-corrected chi connectivity index (χ0v) is 21.7. The third-order valence-corrected chi connectivity index (χ3v) is 6.88. The van der Waals surface area contributed by atoms with E-state index in [1.54, 1.807) is 21.7 Å². The molecular formula is C28H30N6O4. The summed E-state index contributed by atoms with van der Waals surface area (Å²) in [7, 11) is 1.50. The van der Waals surface area contributed by atoms with Crippen molar-refractivity contribution >= 4 is 28.5 Å². The van der Waals surface area contributed by atoms with E-state index in [9.17, 15) is 14.4 Å². The zero-order valence-electron chi connectivity index (χ0n) is 21.7. The van der Waals surface area contributed by atoms with Gasteiger partial charge in [0.2, 0.25) is 0 Å². The summed E-state index contributed by atoms with van der Waals surface area (Å²) < 4.78 is 7.16. The Labute approximate surface area is 220 Å². The van der Waals surface area contributed by atoms with Crippen molar-refractivity contribution in [3.8, 4) is 11.6 Å². The fraction of sp³-hybridized carbons (Fsp3) is 0.321. The molecule has 10 heteroatoms. The quantitative estimate of drug-likeness (QED) is 0.299. The van der Waals surface area contributed by atoms with Gasteiger partial charge in [0.1, 0.15) is 5.75 Å². The largest absolute Gasteiger partial charge is 0.494 e. The molecule has 0 radical (unpaired) electrons. The molecule has 10 nitrogen and oxygen atoms in total. The highest BCUT2D eigenvalue weighted by Gasteiger charge is 2.34. The second kappa shape index (κ2) is 10.5. The van der Waals surface area contributed by atoms with Gasteiger partial charge in [-0.15, -0.1) is 0 Å². The molecule has 1 aliphatic heterocycles. The number of nitrogens with one attached hydrogen (secondary N) is 1. The molecule has 1 saturated heterocycles. The van der Waals surface area contributed by atoms with Gasteiger partial charge >= 0.3 is 0 Å². The van der Waals surface area contributed by atoms with E-state index in [1.165, 1.54) is 24.4 Å². The number of hydrogen-bond acceptors (Lipinski definition) is 6. The first-order valence-corrected chi connectivity index (χ1v) is 12.7. The number of methoxy groups -OCH3 is 1. The first-order valence-electron chi connectivity index (χ1n) is 12.7. The van der Waals surface area contributed by atoms with Crippen LogP contribution in [-0.2, 0) is 11.2 Å². The van der Waals surface area contributed by atoms with E-state index in [0.29, 0.717) is 34.6 Å². The predicted octanol–water partition coefficient (Wildman–Crippen LogP) is 3.27. The molecule has 1 unspecified atom stereocenters. The molecular weight excluding hydrogens is 484 g/mol. The molecule has 1 N–H and O–H groups in total. The van der Waals surface area contributed by atoms with Crippen LogP contribution in [0.15, 0.2) is 55.0 Å². The topological polar surface area (TPSA) is 113 Å². The third-order valence-electron chi connectivity index (χ3n) is 6.88. The van der Waals surface area contributed by atoms with Crippen LogP contribution >= 0.6 is 0 Å². The maximum Gasteiger partial charge on any atom is 0.295 e. The number of Topliss-reactive ketones (excluding diaryl/α,β-unsaturated/α-hetero) is 1. The van der Waals surface area contributed by atoms with Gasteiger partial charge in [-0.1, -0.05) is 31.5 Å². The number of piperazine rings is 1. The molecule has 196 valence electrons. The lowest BCUT2D eigenvalue weighted by molar-refractivity contribution is -0.128. The molecule has 1 atom stereocenters. The van der Waals surface area contributed by atoms with Crippen molar-refractivity contribution in [1.82, 2.24) is 29.5 Å². The Morgan fingerprint density at radius 2 is 1.92 bits per heavy atom. The molecule has 38 heavy (non-hydrogen) atoms. The molecule has 5 rings (SSSR count). The number of aromatic nitrogens is 4. The molecule has 0 saturated carbocycles. The summed E-state index contributed by atoms with van der Waals surface area (Å²) in [5.74, 6) is -0.452. The Kier molecular flexibility index (Phi) is 6.95. The fourth-order valence-corrected chi connectivity index (χ4v) is 4.93. The number of pyridine rings is 1. The van der Waals surface area contributed by atoms with Gasteiger partial charge < -0.3 is 19.5 Å². The average molecular weight is 515 g/mol. The Hall–Kier alpha value is -4.47. The van der Waals surface area contributed by atoms with E-state index in [1.807, 2.05) is 37.4 Å². The number of amides is 2. The van der Waals surface area contributed by atoms with Crippen molar-refractivity contribution < 1.29 is 19.1 Å². The summed E-state index contributed by atoms with van der Waals surface area (Å²) in [6.07, 6.45) is 6.69. The molecule has 1 fully saturated rings. The Morgan fingerprint density at radius 1 is 1.13 bits per heavy atom. The molecule has 0 aliphatic carbocycles. The number of nitrogens with zero attached hydrogens (tertiary/aromatic N) is 5. The number of carbonyl (C=O) groups excluding carboxylic acids is 3. The average Bonchev–Trinajstić information content (AvgIpc) is 3.60. The maximum absolute atomic E-state index is 13.5. The van der Waals surface area contributed by atoms with Crippen LogP contribution in [0.5, 0.6) is 5.75 Å². The van der Waals surface area contributed by atoms with Crippen LogP contribution in [0.2, 0.25) is 0 Å². The lowest BCUT2D eigenvalue weighted by Crippen LogP contribution is -2.56. The number of benzene rings is 1. The smallest absolute Gasteiger partial charge is 0.295 e. The highest BCUT2D eigenvalue weighted by Crippen LogP contribution is 2.32. The minimum absolute atomic E-state index is 0.0846. The number of ether oxygens (including phenoxy) is 1. The highest BCUT2D eigenvalue weighted by atomic mass is 16.5. The number of aromatic amines is 1. The van der Waals surface area contributed by atoms with Crippen molar-refractivity contribution in [2.75, 3.05) is 26.7 Å². The van der Waals surface area contributed by atoms with Gasteiger partial charge in [0.15, 0.2) is 5.82 Å². The zero-order chi connectivity index (χ0) is 26.8. The van der Waals surface area contributed by atoms with Gasteiger partial charge in [0.05, 0.1) is 35.5 Å². The standard InChI is InChI=1S/C28H30N6O4/c1-4-8-20-11-12-34(31-20)26-24-23(22(38-3)16-30-26)21(15-29-24)25(35)28(37)32-13-14-33(18(2)17-32)27(36)19-9-6-5-7-10-19/h5-7,9-12,15-16,18,29H,4,8,13-14,17H2,1-3H3. The molecule has 3 aromatic heterocycles. The molecule has 0 bridgehead atoms. The molecule has 1 aliphatic rings. The minimum atomic E-state index is -0.645. The van der Waals surface area contributed by atoms with Gasteiger partial charge in [-0.05, 0) is 31.5 Å². The van der Waals surface area contributed by atoms with Crippen molar-refractivity contribution in [2.24, 2.45) is 0 Å². The van der Waals surface area contributed by atoms with E-state index in [0.717, 1.165) is 18.5 Å². The van der Waals surface area contributed by atoms with Crippen LogP contribution in [0.3, 0.4) is 0 Å². The van der Waals surface area contributed by atoms with Crippen molar-refractivity contribution in [1.29, 1.82) is 0 Å². The van der Waals surface area contributed by atoms with Crippen molar-refractivity contribution in [3.63, 3.8) is 0 Å².